The molecule has 0 radical (unpaired) electrons. The minimum Gasteiger partial charge on any atom is -0.350 e. The van der Waals surface area contributed by atoms with Crippen LogP contribution in [-0.4, -0.2) is 23.5 Å². The van der Waals surface area contributed by atoms with Crippen LogP contribution in [0.4, 0.5) is 0 Å². The molecule has 1 aliphatic carbocycles. The van der Waals surface area contributed by atoms with Crippen molar-refractivity contribution in [1.82, 2.24) is 4.98 Å². The van der Waals surface area contributed by atoms with Crippen molar-refractivity contribution in [3.05, 3.63) is 66.3 Å². The summed E-state index contributed by atoms with van der Waals surface area (Å²) < 4.78 is 0. The van der Waals surface area contributed by atoms with E-state index >= 15 is 0 Å². The monoisotopic (exact) mass is 420 g/mol. The zero-order valence-corrected chi connectivity index (χ0v) is 16.7. The van der Waals surface area contributed by atoms with Crippen molar-refractivity contribution in [3.63, 3.8) is 0 Å². The van der Waals surface area contributed by atoms with Crippen LogP contribution in [0.3, 0.4) is 0 Å². The summed E-state index contributed by atoms with van der Waals surface area (Å²) in [7, 11) is 0. The summed E-state index contributed by atoms with van der Waals surface area (Å²) in [5.41, 5.74) is 28.1. The summed E-state index contributed by atoms with van der Waals surface area (Å²) in [5.74, 6) is -0.432. The molecule has 0 spiro atoms. The summed E-state index contributed by atoms with van der Waals surface area (Å²) in [6.07, 6.45) is 3.72. The van der Waals surface area contributed by atoms with E-state index in [1.165, 1.54) is 0 Å². The molecule has 13 nitrogen and oxygen atoms in total. The predicted octanol–water partition coefficient (Wildman–Crippen LogP) is 6.25. The van der Waals surface area contributed by atoms with Gasteiger partial charge in [0.1, 0.15) is 5.69 Å². The fourth-order valence-electron chi connectivity index (χ4n) is 3.81. The number of fused-ring (bicyclic) bond motifs is 1. The van der Waals surface area contributed by atoms with Crippen molar-refractivity contribution in [2.24, 2.45) is 31.5 Å². The molecule has 1 N–H and O–H groups in total. The molecule has 0 bridgehead atoms. The number of nitrogens with zero attached hydrogens (tertiary/aromatic N) is 11. The Bertz CT molecular complexity index is 1130. The standard InChI is InChI=1S/C18H20N12O/c19-28-22-8-11-5-13(10-24-30-21)14-7-17(25-16(14)6-11)18(31)27-26-15-4-2-1-3-12(15)9-23-29-20/h5-7,12,15,25H,1-4,8-10H2/t12-,15-/m1/s1. The van der Waals surface area contributed by atoms with Gasteiger partial charge in [0.2, 0.25) is 0 Å². The summed E-state index contributed by atoms with van der Waals surface area (Å²) in [5, 5.41) is 19.7. The number of amides is 1. The molecule has 1 amide bonds. The molecule has 3 rings (SSSR count). The Labute approximate surface area is 176 Å². The maximum Gasteiger partial charge on any atom is 0.311 e. The zero-order valence-electron chi connectivity index (χ0n) is 16.7. The summed E-state index contributed by atoms with van der Waals surface area (Å²) in [4.78, 5) is 24.0. The maximum absolute atomic E-state index is 12.6. The van der Waals surface area contributed by atoms with Gasteiger partial charge in [-0.05, 0) is 58.6 Å². The average molecular weight is 420 g/mol. The van der Waals surface area contributed by atoms with Crippen LogP contribution in [0.15, 0.2) is 43.8 Å². The molecular weight excluding hydrogens is 400 g/mol. The van der Waals surface area contributed by atoms with Gasteiger partial charge in [0.05, 0.1) is 19.1 Å². The lowest BCUT2D eigenvalue weighted by molar-refractivity contribution is 0.0985. The largest absolute Gasteiger partial charge is 0.350 e. The number of azide groups is 3. The van der Waals surface area contributed by atoms with Crippen LogP contribution in [0.2, 0.25) is 0 Å². The van der Waals surface area contributed by atoms with Crippen LogP contribution in [-0.2, 0) is 13.1 Å². The summed E-state index contributed by atoms with van der Waals surface area (Å²) >= 11 is 0. The third-order valence-corrected chi connectivity index (χ3v) is 5.28. The molecule has 2 atom stereocenters. The van der Waals surface area contributed by atoms with Crippen molar-refractivity contribution in [3.8, 4) is 0 Å². The van der Waals surface area contributed by atoms with Gasteiger partial charge in [-0.3, -0.25) is 4.79 Å². The molecule has 1 aromatic heterocycles. The van der Waals surface area contributed by atoms with E-state index in [4.69, 9.17) is 16.6 Å². The van der Waals surface area contributed by atoms with Crippen molar-refractivity contribution >= 4 is 16.8 Å². The summed E-state index contributed by atoms with van der Waals surface area (Å²) in [6.45, 7) is 0.566. The molecule has 1 aromatic carbocycles. The van der Waals surface area contributed by atoms with Crippen LogP contribution < -0.4 is 0 Å². The third-order valence-electron chi connectivity index (χ3n) is 5.28. The Balaban J connectivity index is 1.86. The Morgan fingerprint density at radius 2 is 1.74 bits per heavy atom. The first-order valence-electron chi connectivity index (χ1n) is 9.78. The van der Waals surface area contributed by atoms with Crippen molar-refractivity contribution in [2.45, 2.75) is 44.8 Å². The molecule has 0 unspecified atom stereocenters. The van der Waals surface area contributed by atoms with Crippen LogP contribution in [0.1, 0.15) is 47.3 Å². The zero-order chi connectivity index (χ0) is 22.1. The Morgan fingerprint density at radius 3 is 2.52 bits per heavy atom. The highest BCUT2D eigenvalue weighted by atomic mass is 16.1. The first-order chi connectivity index (χ1) is 15.2. The third kappa shape index (κ3) is 5.52. The molecule has 13 heteroatoms. The van der Waals surface area contributed by atoms with Gasteiger partial charge in [0, 0.05) is 32.2 Å². The van der Waals surface area contributed by atoms with Gasteiger partial charge in [-0.25, -0.2) is 0 Å². The lowest BCUT2D eigenvalue weighted by Crippen LogP contribution is -2.25. The van der Waals surface area contributed by atoms with Crippen LogP contribution in [0.5, 0.6) is 0 Å². The topological polar surface area (TPSA) is 204 Å². The summed E-state index contributed by atoms with van der Waals surface area (Å²) in [6, 6.07) is 5.05. The first kappa shape index (κ1) is 21.7. The SMILES string of the molecule is [N-]=[N+]=NCc1cc(CN=[N+]=[N-])c2cc(C(=O)N=N[C@@H]3CCCC[C@@H]3CN=[N+]=[N-])[nH]c2c1. The van der Waals surface area contributed by atoms with E-state index in [1.54, 1.807) is 18.2 Å². The van der Waals surface area contributed by atoms with Crippen molar-refractivity contribution in [2.75, 3.05) is 6.54 Å². The van der Waals surface area contributed by atoms with Crippen LogP contribution in [0.25, 0.3) is 42.2 Å². The number of H-pyrrole nitrogens is 1. The maximum atomic E-state index is 12.6. The molecular formula is C18H20N12O. The van der Waals surface area contributed by atoms with E-state index in [0.29, 0.717) is 17.6 Å². The normalized spacial score (nSPS) is 18.2. The highest BCUT2D eigenvalue weighted by molar-refractivity contribution is 5.99. The molecule has 1 fully saturated rings. The van der Waals surface area contributed by atoms with Crippen LogP contribution >= 0.6 is 0 Å². The second-order valence-corrected chi connectivity index (χ2v) is 7.22. The molecule has 1 aliphatic rings. The minimum atomic E-state index is -0.518. The number of azo groups is 1. The Hall–Kier alpha value is -4.04. The van der Waals surface area contributed by atoms with E-state index in [1.807, 2.05) is 0 Å². The average Bonchev–Trinajstić information content (AvgIpc) is 3.23. The lowest BCUT2D eigenvalue weighted by atomic mass is 9.85. The van der Waals surface area contributed by atoms with Crippen LogP contribution in [0, 0.1) is 5.92 Å². The highest BCUT2D eigenvalue weighted by Crippen LogP contribution is 2.28. The second kappa shape index (κ2) is 10.7. The van der Waals surface area contributed by atoms with E-state index in [9.17, 15) is 4.79 Å². The van der Waals surface area contributed by atoms with E-state index in [0.717, 1.165) is 36.6 Å². The number of nitrogens with one attached hydrogen (secondary N) is 1. The van der Waals surface area contributed by atoms with Gasteiger partial charge in [-0.1, -0.05) is 34.3 Å². The number of hydrogen-bond acceptors (Lipinski definition) is 5. The number of benzene rings is 1. The molecule has 1 heterocycles. The second-order valence-electron chi connectivity index (χ2n) is 7.22. The Kier molecular flexibility index (Phi) is 7.45. The highest BCUT2D eigenvalue weighted by Gasteiger charge is 2.25. The van der Waals surface area contributed by atoms with E-state index in [-0.39, 0.29) is 30.7 Å². The quantitative estimate of drug-likeness (QED) is 0.293. The number of hydrogen-bond donors (Lipinski definition) is 1. The van der Waals surface area contributed by atoms with E-state index in [2.05, 4.69) is 45.3 Å². The molecule has 2 aromatic rings. The fourth-order valence-corrected chi connectivity index (χ4v) is 3.81. The molecule has 1 saturated carbocycles. The number of rotatable bonds is 8. The smallest absolute Gasteiger partial charge is 0.311 e. The first-order valence-corrected chi connectivity index (χ1v) is 9.78. The predicted molar refractivity (Wildman–Crippen MR) is 113 cm³/mol. The van der Waals surface area contributed by atoms with Gasteiger partial charge in [-0.15, -0.1) is 5.11 Å². The molecule has 31 heavy (non-hydrogen) atoms. The van der Waals surface area contributed by atoms with Gasteiger partial charge >= 0.3 is 5.91 Å². The molecule has 158 valence electrons. The fraction of sp³-hybridized carbons (Fsp3) is 0.500. The Morgan fingerprint density at radius 1 is 1.00 bits per heavy atom. The number of carbonyl (C=O) groups excluding carboxylic acids is 1. The van der Waals surface area contributed by atoms with Gasteiger partial charge in [-0.2, -0.15) is 5.11 Å². The molecule has 0 aliphatic heterocycles. The minimum absolute atomic E-state index is 0.0857. The number of aromatic amines is 1. The number of aromatic nitrogens is 1. The van der Waals surface area contributed by atoms with Gasteiger partial charge in [0.25, 0.3) is 0 Å². The lowest BCUT2D eigenvalue weighted by Gasteiger charge is -2.26. The van der Waals surface area contributed by atoms with Crippen molar-refractivity contribution < 1.29 is 4.79 Å². The molecule has 0 saturated heterocycles. The van der Waals surface area contributed by atoms with Gasteiger partial charge in [0.15, 0.2) is 0 Å². The van der Waals surface area contributed by atoms with Gasteiger partial charge < -0.3 is 4.98 Å². The van der Waals surface area contributed by atoms with E-state index < -0.39 is 5.91 Å². The number of carbonyl (C=O) groups is 1. The van der Waals surface area contributed by atoms with Crippen molar-refractivity contribution in [1.29, 1.82) is 0 Å².